The molecule has 0 bridgehead atoms. The highest BCUT2D eigenvalue weighted by Gasteiger charge is 2.42. The Morgan fingerprint density at radius 3 is 2.34 bits per heavy atom. The molecule has 12 nitrogen and oxygen atoms in total. The van der Waals surface area contributed by atoms with Crippen molar-refractivity contribution < 1.29 is 5.11 Å². The first-order valence-corrected chi connectivity index (χ1v) is 33.1. The Morgan fingerprint density at radius 1 is 0.939 bits per heavy atom. The van der Waals surface area contributed by atoms with Crippen LogP contribution in [0.25, 0.3) is 33.4 Å². The van der Waals surface area contributed by atoms with Crippen LogP contribution in [0.5, 0.6) is 0 Å². The minimum atomic E-state index is -1.47. The number of allylic oxidation sites excluding steroid dienone is 1. The smallest absolute Gasteiger partial charge is 0.143 e. The summed E-state index contributed by atoms with van der Waals surface area (Å²) in [6.07, 6.45) is 21.4. The number of benzene rings is 1. The largest absolute Gasteiger partial charge is 0.381 e. The van der Waals surface area contributed by atoms with Gasteiger partial charge in [0, 0.05) is 123 Å². The predicted molar refractivity (Wildman–Crippen MR) is 345 cm³/mol. The number of rotatable bonds is 28. The number of fused-ring (bicyclic) bond motifs is 1. The molecular formula is C68H102BN11OS. The quantitative estimate of drug-likeness (QED) is 0.0288. The van der Waals surface area contributed by atoms with Gasteiger partial charge in [-0.05, 0) is 164 Å². The summed E-state index contributed by atoms with van der Waals surface area (Å²) in [6, 6.07) is 10.7. The van der Waals surface area contributed by atoms with Crippen molar-refractivity contribution in [3.63, 3.8) is 0 Å². The van der Waals surface area contributed by atoms with Crippen LogP contribution >= 0.6 is 11.3 Å². The minimum Gasteiger partial charge on any atom is -0.381 e. The van der Waals surface area contributed by atoms with E-state index in [2.05, 4.69) is 143 Å². The highest BCUT2D eigenvalue weighted by Crippen LogP contribution is 2.45. The molecular weight excluding hydrogens is 1030 g/mol. The van der Waals surface area contributed by atoms with Gasteiger partial charge in [0.05, 0.1) is 57.5 Å². The van der Waals surface area contributed by atoms with Crippen LogP contribution < -0.4 is 15.6 Å². The zero-order valence-corrected chi connectivity index (χ0v) is 52.6. The van der Waals surface area contributed by atoms with Gasteiger partial charge in [-0.25, -0.2) is 10.4 Å². The van der Waals surface area contributed by atoms with Gasteiger partial charge in [0.25, 0.3) is 0 Å². The Morgan fingerprint density at radius 2 is 1.70 bits per heavy atom. The average molecular weight is 1130 g/mol. The van der Waals surface area contributed by atoms with E-state index in [0.717, 1.165) is 150 Å². The zero-order chi connectivity index (χ0) is 58.0. The third kappa shape index (κ3) is 13.7. The summed E-state index contributed by atoms with van der Waals surface area (Å²) in [7, 11) is 6.46. The van der Waals surface area contributed by atoms with Gasteiger partial charge in [-0.15, -0.1) is 17.9 Å². The van der Waals surface area contributed by atoms with E-state index in [1.165, 1.54) is 90.5 Å². The highest BCUT2D eigenvalue weighted by molar-refractivity contribution is 7.10. The molecule has 6 aliphatic rings. The molecule has 6 fully saturated rings. The van der Waals surface area contributed by atoms with Gasteiger partial charge in [-0.2, -0.15) is 0 Å². The van der Waals surface area contributed by atoms with E-state index in [4.69, 9.17) is 31.0 Å². The molecule has 14 heteroatoms. The van der Waals surface area contributed by atoms with Crippen molar-refractivity contribution in [2.45, 2.75) is 194 Å². The standard InChI is InChI=1S/C68H102BN11OS/c1-13-16-30-67(10,11)41-59-57-38-54(25-28-62(57)78(15-3)66(59)58-39-56(42-70-64(58)46(4)5)76-36-34-75(35-37-76)55-26-27-55)61-45-82-63(73-61)40-60(49(8)79-32-20-19-31-71-79)72-47(6)65(53-21-17-18-22-53)77-33-29-51(44-77)43-74(14-2)50(9)80(68(12,69)81)48(7)52-23-24-52/h13,25,28,38-39,42,45-46,48,51-53,55,60,65,71-72,81H,1,6,8-9,14-24,26-27,29-37,40-41,43-44H2,2-5,7,10-12H3. The molecule has 3 aromatic heterocycles. The number of aliphatic hydroxyl groups is 1. The second kappa shape index (κ2) is 25.9. The van der Waals surface area contributed by atoms with Crippen LogP contribution in [0.1, 0.15) is 161 Å². The summed E-state index contributed by atoms with van der Waals surface area (Å²) in [5.74, 6) is 2.66. The van der Waals surface area contributed by atoms with Crippen LogP contribution in [0.3, 0.4) is 0 Å². The van der Waals surface area contributed by atoms with Crippen molar-refractivity contribution in [2.24, 2.45) is 23.2 Å². The number of nitrogens with one attached hydrogen (secondary N) is 2. The molecule has 0 amide bonds. The number of pyridine rings is 1. The Bertz CT molecular complexity index is 2850. The van der Waals surface area contributed by atoms with Crippen LogP contribution in [0, 0.1) is 23.2 Å². The van der Waals surface area contributed by atoms with E-state index in [9.17, 15) is 5.11 Å². The van der Waals surface area contributed by atoms with E-state index in [1.807, 2.05) is 4.90 Å². The van der Waals surface area contributed by atoms with Crippen LogP contribution in [0.15, 0.2) is 85.4 Å². The normalized spacial score (nSPS) is 21.5. The molecule has 82 heavy (non-hydrogen) atoms. The second-order valence-electron chi connectivity index (χ2n) is 27.0. The van der Waals surface area contributed by atoms with Gasteiger partial charge in [0.1, 0.15) is 7.85 Å². The van der Waals surface area contributed by atoms with Crippen LogP contribution in [0.2, 0.25) is 0 Å². The number of anilines is 1. The number of aromatic nitrogens is 3. The van der Waals surface area contributed by atoms with Gasteiger partial charge in [-0.1, -0.05) is 72.4 Å². The first-order chi connectivity index (χ1) is 39.4. The molecule has 3 saturated heterocycles. The molecule has 4 aromatic rings. The Labute approximate surface area is 499 Å². The number of thiazole rings is 1. The highest BCUT2D eigenvalue weighted by atomic mass is 32.1. The average Bonchev–Trinajstić information content (AvgIpc) is 3.03. The molecule has 3 saturated carbocycles. The Balaban J connectivity index is 0.925. The number of hydrogen-bond acceptors (Lipinski definition) is 12. The molecule has 0 spiro atoms. The van der Waals surface area contributed by atoms with Crippen molar-refractivity contribution in [3.05, 3.63) is 102 Å². The summed E-state index contributed by atoms with van der Waals surface area (Å²) in [5.41, 5.74) is 14.3. The second-order valence-corrected chi connectivity index (χ2v) is 27.9. The Hall–Kier alpha value is -4.60. The number of piperazine rings is 1. The van der Waals surface area contributed by atoms with E-state index < -0.39 is 5.62 Å². The van der Waals surface area contributed by atoms with Gasteiger partial charge in [0.15, 0.2) is 0 Å². The summed E-state index contributed by atoms with van der Waals surface area (Å²) in [6.45, 7) is 47.2. The van der Waals surface area contributed by atoms with E-state index in [-0.39, 0.29) is 29.5 Å². The maximum absolute atomic E-state index is 11.2. The number of aryl methyl sites for hydroxylation is 1. The third-order valence-electron chi connectivity index (χ3n) is 19.7. The third-order valence-corrected chi connectivity index (χ3v) is 20.5. The van der Waals surface area contributed by atoms with Crippen molar-refractivity contribution in [2.75, 3.05) is 70.3 Å². The van der Waals surface area contributed by atoms with Gasteiger partial charge in [0.2, 0.25) is 0 Å². The van der Waals surface area contributed by atoms with Gasteiger partial charge in [-0.3, -0.25) is 14.8 Å². The molecule has 3 aliphatic heterocycles. The number of hydrogen-bond donors (Lipinski definition) is 3. The lowest BCUT2D eigenvalue weighted by atomic mass is 9.80. The lowest BCUT2D eigenvalue weighted by Gasteiger charge is -2.46. The Kier molecular flexibility index (Phi) is 19.1. The predicted octanol–water partition coefficient (Wildman–Crippen LogP) is 12.5. The van der Waals surface area contributed by atoms with Crippen molar-refractivity contribution in [1.29, 1.82) is 0 Å². The fourth-order valence-corrected chi connectivity index (χ4v) is 15.7. The lowest BCUT2D eigenvalue weighted by Crippen LogP contribution is -2.55. The lowest BCUT2D eigenvalue weighted by molar-refractivity contribution is -0.0458. The SMILES string of the molecule is [B]C(C)(O)N(C(=C)N(CC)CC1CCN(C(C(=C)NC(Cc2nc(-c3ccc4c(c3)c(CC(C)(C)CCC=C)c(-c3cc(N5CCN(C6CC6)CC5)cnc3C(C)C)n4CC)cs2)C(=C)N2CCCCN2)C2CCCC2)C1)C(C)C1CC1. The number of likely N-dealkylation sites (tertiary alicyclic amines) is 1. The molecule has 3 aliphatic carbocycles. The van der Waals surface area contributed by atoms with E-state index in [0.29, 0.717) is 24.2 Å². The van der Waals surface area contributed by atoms with Crippen molar-refractivity contribution in [1.82, 2.24) is 49.9 Å². The first-order valence-electron chi connectivity index (χ1n) is 32.2. The molecule has 2 radical (unpaired) electrons. The fourth-order valence-electron chi connectivity index (χ4n) is 14.8. The molecule has 5 atom stereocenters. The molecule has 1 aromatic carbocycles. The first kappa shape index (κ1) is 60.5. The topological polar surface area (TPSA) is 94.4 Å². The van der Waals surface area contributed by atoms with Gasteiger partial charge < -0.3 is 34.7 Å². The van der Waals surface area contributed by atoms with E-state index >= 15 is 0 Å². The maximum atomic E-state index is 11.2. The van der Waals surface area contributed by atoms with Crippen molar-refractivity contribution >= 4 is 35.8 Å². The van der Waals surface area contributed by atoms with Crippen LogP contribution in [0.4, 0.5) is 5.69 Å². The van der Waals surface area contributed by atoms with Crippen LogP contribution in [-0.4, -0.2) is 147 Å². The summed E-state index contributed by atoms with van der Waals surface area (Å²) < 4.78 is 2.59. The van der Waals surface area contributed by atoms with E-state index in [1.54, 1.807) is 18.3 Å². The molecule has 10 rings (SSSR count). The maximum Gasteiger partial charge on any atom is 0.143 e. The fraction of sp³-hybridized carbons (Fsp3) is 0.647. The summed E-state index contributed by atoms with van der Waals surface area (Å²) in [4.78, 5) is 23.2. The summed E-state index contributed by atoms with van der Waals surface area (Å²) in [5, 5.41) is 22.3. The number of nitrogens with zero attached hydrogens (tertiary/aromatic N) is 9. The molecule has 3 N–H and O–H groups in total. The molecule has 5 unspecified atom stereocenters. The van der Waals surface area contributed by atoms with Gasteiger partial charge >= 0.3 is 0 Å². The van der Waals surface area contributed by atoms with Crippen molar-refractivity contribution in [3.8, 4) is 22.5 Å². The molecule has 6 heterocycles. The minimum absolute atomic E-state index is 0.0448. The zero-order valence-electron chi connectivity index (χ0n) is 51.8. The molecule has 444 valence electrons. The summed E-state index contributed by atoms with van der Waals surface area (Å²) >= 11 is 1.77. The monoisotopic (exact) mass is 1130 g/mol. The number of hydrazine groups is 1. The van der Waals surface area contributed by atoms with Crippen LogP contribution in [-0.2, 0) is 19.4 Å².